The van der Waals surface area contributed by atoms with Crippen LogP contribution in [0.2, 0.25) is 0 Å². The van der Waals surface area contributed by atoms with E-state index in [-0.39, 0.29) is 0 Å². The first-order valence-corrected chi connectivity index (χ1v) is 5.21. The summed E-state index contributed by atoms with van der Waals surface area (Å²) in [6.07, 6.45) is 1.74. The number of nitrogens with one attached hydrogen (secondary N) is 1. The van der Waals surface area contributed by atoms with Gasteiger partial charge in [0.1, 0.15) is 6.07 Å². The highest BCUT2D eigenvalue weighted by Crippen LogP contribution is 2.18. The highest BCUT2D eigenvalue weighted by molar-refractivity contribution is 5.62. The lowest BCUT2D eigenvalue weighted by atomic mass is 10.1. The van der Waals surface area contributed by atoms with E-state index in [2.05, 4.69) is 16.5 Å². The van der Waals surface area contributed by atoms with Gasteiger partial charge in [-0.2, -0.15) is 10.4 Å². The predicted octanol–water partition coefficient (Wildman–Crippen LogP) is 1.49. The largest absolute Gasteiger partial charge is 0.399 e. The second kappa shape index (κ2) is 4.58. The molecule has 17 heavy (non-hydrogen) atoms. The van der Waals surface area contributed by atoms with Gasteiger partial charge in [-0.25, -0.2) is 0 Å². The molecule has 0 saturated heterocycles. The second-order valence-electron chi connectivity index (χ2n) is 3.72. The molecule has 0 unspecified atom stereocenters. The van der Waals surface area contributed by atoms with E-state index in [9.17, 15) is 0 Å². The Hall–Kier alpha value is -2.48. The van der Waals surface area contributed by atoms with Crippen LogP contribution in [0.1, 0.15) is 11.3 Å². The zero-order valence-electron chi connectivity index (χ0n) is 9.51. The minimum atomic E-state index is 0.548. The fourth-order valence-electron chi connectivity index (χ4n) is 1.57. The Kier molecular flexibility index (Phi) is 2.97. The summed E-state index contributed by atoms with van der Waals surface area (Å²) in [4.78, 5) is 0. The SMILES string of the molecule is Cn1nccc1CNc1ccc(N)cc1C#N. The van der Waals surface area contributed by atoms with Crippen LogP contribution in [0.25, 0.3) is 0 Å². The number of nitriles is 1. The van der Waals surface area contributed by atoms with Crippen LogP contribution < -0.4 is 11.1 Å². The number of nitrogens with zero attached hydrogens (tertiary/aromatic N) is 3. The van der Waals surface area contributed by atoms with Crippen molar-refractivity contribution in [2.75, 3.05) is 11.1 Å². The van der Waals surface area contributed by atoms with Gasteiger partial charge in [-0.05, 0) is 24.3 Å². The Morgan fingerprint density at radius 3 is 2.94 bits per heavy atom. The summed E-state index contributed by atoms with van der Waals surface area (Å²) >= 11 is 0. The van der Waals surface area contributed by atoms with E-state index in [0.717, 1.165) is 11.4 Å². The van der Waals surface area contributed by atoms with Crippen LogP contribution in [0.4, 0.5) is 11.4 Å². The average molecular weight is 227 g/mol. The zero-order valence-corrected chi connectivity index (χ0v) is 9.51. The summed E-state index contributed by atoms with van der Waals surface area (Å²) < 4.78 is 1.79. The summed E-state index contributed by atoms with van der Waals surface area (Å²) in [5.41, 5.74) is 8.59. The van der Waals surface area contributed by atoms with Crippen molar-refractivity contribution in [2.24, 2.45) is 7.05 Å². The molecule has 5 heteroatoms. The predicted molar refractivity (Wildman–Crippen MR) is 66.1 cm³/mol. The molecule has 5 nitrogen and oxygen atoms in total. The third-order valence-corrected chi connectivity index (χ3v) is 2.55. The zero-order chi connectivity index (χ0) is 12.3. The van der Waals surface area contributed by atoms with Crippen LogP contribution in [-0.2, 0) is 13.6 Å². The third-order valence-electron chi connectivity index (χ3n) is 2.55. The number of nitrogens with two attached hydrogens (primary N) is 1. The number of benzene rings is 1. The Bertz CT molecular complexity index is 565. The molecular formula is C12H13N5. The van der Waals surface area contributed by atoms with Crippen molar-refractivity contribution in [3.8, 4) is 6.07 Å². The lowest BCUT2D eigenvalue weighted by molar-refractivity contribution is 0.720. The van der Waals surface area contributed by atoms with Gasteiger partial charge in [-0.1, -0.05) is 0 Å². The van der Waals surface area contributed by atoms with E-state index in [1.54, 1.807) is 23.0 Å². The van der Waals surface area contributed by atoms with Crippen molar-refractivity contribution in [2.45, 2.75) is 6.54 Å². The van der Waals surface area contributed by atoms with Gasteiger partial charge in [0.05, 0.1) is 23.5 Å². The van der Waals surface area contributed by atoms with Crippen molar-refractivity contribution in [1.29, 1.82) is 5.26 Å². The van der Waals surface area contributed by atoms with Gasteiger partial charge in [-0.15, -0.1) is 0 Å². The molecule has 0 saturated carbocycles. The van der Waals surface area contributed by atoms with Crippen LogP contribution in [0.15, 0.2) is 30.5 Å². The first kappa shape index (κ1) is 11.0. The van der Waals surface area contributed by atoms with Crippen molar-refractivity contribution in [1.82, 2.24) is 9.78 Å². The Morgan fingerprint density at radius 1 is 1.47 bits per heavy atom. The lowest BCUT2D eigenvalue weighted by Gasteiger charge is -2.08. The minimum absolute atomic E-state index is 0.548. The highest BCUT2D eigenvalue weighted by atomic mass is 15.3. The molecule has 2 rings (SSSR count). The molecule has 0 atom stereocenters. The van der Waals surface area contributed by atoms with Crippen molar-refractivity contribution >= 4 is 11.4 Å². The van der Waals surface area contributed by atoms with Gasteiger partial charge in [0, 0.05) is 18.9 Å². The molecule has 86 valence electrons. The molecule has 0 aliphatic rings. The number of hydrogen-bond acceptors (Lipinski definition) is 4. The molecule has 0 aliphatic heterocycles. The van der Waals surface area contributed by atoms with Crippen molar-refractivity contribution in [3.63, 3.8) is 0 Å². The molecule has 0 aliphatic carbocycles. The summed E-state index contributed by atoms with van der Waals surface area (Å²) in [6.45, 7) is 0.620. The van der Waals surface area contributed by atoms with Crippen LogP contribution in [0.5, 0.6) is 0 Å². The summed E-state index contributed by atoms with van der Waals surface area (Å²) in [5, 5.41) is 16.3. The number of anilines is 2. The monoisotopic (exact) mass is 227 g/mol. The van der Waals surface area contributed by atoms with Gasteiger partial charge in [0.25, 0.3) is 0 Å². The fraction of sp³-hybridized carbons (Fsp3) is 0.167. The lowest BCUT2D eigenvalue weighted by Crippen LogP contribution is -2.06. The van der Waals surface area contributed by atoms with E-state index in [1.807, 2.05) is 19.2 Å². The Labute approximate surface area is 99.5 Å². The number of rotatable bonds is 3. The first-order chi connectivity index (χ1) is 8.20. The van der Waals surface area contributed by atoms with E-state index in [1.165, 1.54) is 0 Å². The normalized spacial score (nSPS) is 9.88. The number of aromatic nitrogens is 2. The van der Waals surface area contributed by atoms with Crippen molar-refractivity contribution < 1.29 is 0 Å². The third kappa shape index (κ3) is 2.37. The van der Waals surface area contributed by atoms with Crippen LogP contribution in [0.3, 0.4) is 0 Å². The van der Waals surface area contributed by atoms with E-state index in [4.69, 9.17) is 11.0 Å². The molecule has 0 fully saturated rings. The number of aryl methyl sites for hydroxylation is 1. The second-order valence-corrected chi connectivity index (χ2v) is 3.72. The molecule has 0 radical (unpaired) electrons. The van der Waals surface area contributed by atoms with Gasteiger partial charge in [0.2, 0.25) is 0 Å². The minimum Gasteiger partial charge on any atom is -0.399 e. The molecule has 1 aromatic carbocycles. The van der Waals surface area contributed by atoms with Crippen LogP contribution in [-0.4, -0.2) is 9.78 Å². The van der Waals surface area contributed by atoms with E-state index < -0.39 is 0 Å². The molecule has 0 amide bonds. The maximum absolute atomic E-state index is 8.99. The number of hydrogen-bond donors (Lipinski definition) is 2. The Morgan fingerprint density at radius 2 is 2.29 bits per heavy atom. The maximum Gasteiger partial charge on any atom is 0.101 e. The Balaban J connectivity index is 2.15. The van der Waals surface area contributed by atoms with Gasteiger partial charge < -0.3 is 11.1 Å². The van der Waals surface area contributed by atoms with Gasteiger partial charge in [0.15, 0.2) is 0 Å². The molecular weight excluding hydrogens is 214 g/mol. The smallest absolute Gasteiger partial charge is 0.101 e. The summed E-state index contributed by atoms with van der Waals surface area (Å²) in [5.74, 6) is 0. The number of nitrogen functional groups attached to an aromatic ring is 1. The van der Waals surface area contributed by atoms with Gasteiger partial charge >= 0.3 is 0 Å². The summed E-state index contributed by atoms with van der Waals surface area (Å²) in [6, 6.07) is 9.28. The summed E-state index contributed by atoms with van der Waals surface area (Å²) in [7, 11) is 1.88. The molecule has 1 aromatic heterocycles. The van der Waals surface area contributed by atoms with Crippen LogP contribution >= 0.6 is 0 Å². The topological polar surface area (TPSA) is 79.7 Å². The average Bonchev–Trinajstić information content (AvgIpc) is 2.73. The molecule has 1 heterocycles. The fourth-order valence-corrected chi connectivity index (χ4v) is 1.57. The maximum atomic E-state index is 8.99. The van der Waals surface area contributed by atoms with E-state index >= 15 is 0 Å². The molecule has 3 N–H and O–H groups in total. The molecule has 0 spiro atoms. The van der Waals surface area contributed by atoms with Crippen molar-refractivity contribution in [3.05, 3.63) is 41.7 Å². The highest BCUT2D eigenvalue weighted by Gasteiger charge is 2.03. The molecule has 2 aromatic rings. The van der Waals surface area contributed by atoms with E-state index in [0.29, 0.717) is 17.8 Å². The quantitative estimate of drug-likeness (QED) is 0.778. The first-order valence-electron chi connectivity index (χ1n) is 5.21. The standard InChI is InChI=1S/C12H13N5/c1-17-11(4-5-16-17)8-15-12-3-2-10(14)6-9(12)7-13/h2-6,15H,8,14H2,1H3. The van der Waals surface area contributed by atoms with Crippen LogP contribution in [0, 0.1) is 11.3 Å². The van der Waals surface area contributed by atoms with Gasteiger partial charge in [-0.3, -0.25) is 4.68 Å². The molecule has 0 bridgehead atoms.